The summed E-state index contributed by atoms with van der Waals surface area (Å²) < 4.78 is 29.5. The molecule has 2 aromatic rings. The van der Waals surface area contributed by atoms with Gasteiger partial charge >= 0.3 is 10.1 Å². The predicted octanol–water partition coefficient (Wildman–Crippen LogP) is 2.94. The highest BCUT2D eigenvalue weighted by Crippen LogP contribution is 2.24. The molecule has 0 heterocycles. The van der Waals surface area contributed by atoms with Gasteiger partial charge in [-0.15, -0.1) is 0 Å². The monoisotopic (exact) mass is 287 g/mol. The highest BCUT2D eigenvalue weighted by atomic mass is 32.2. The molecule has 0 unspecified atom stereocenters. The predicted molar refractivity (Wildman–Crippen MR) is 74.9 cm³/mol. The van der Waals surface area contributed by atoms with Crippen LogP contribution in [0.2, 0.25) is 0 Å². The van der Waals surface area contributed by atoms with Crippen molar-refractivity contribution in [2.75, 3.05) is 0 Å². The average molecular weight is 287 g/mol. The van der Waals surface area contributed by atoms with Crippen molar-refractivity contribution in [3.05, 3.63) is 59.2 Å². The van der Waals surface area contributed by atoms with Gasteiger partial charge in [0.05, 0.1) is 11.6 Å². The van der Waals surface area contributed by atoms with Crippen molar-refractivity contribution in [1.29, 1.82) is 5.26 Å². The molecule has 0 bridgehead atoms. The molecule has 0 radical (unpaired) electrons. The van der Waals surface area contributed by atoms with E-state index in [-0.39, 0.29) is 4.90 Å². The van der Waals surface area contributed by atoms with E-state index in [2.05, 4.69) is 0 Å². The maximum absolute atomic E-state index is 12.2. The molecule has 4 nitrogen and oxygen atoms in total. The summed E-state index contributed by atoms with van der Waals surface area (Å²) in [5.41, 5.74) is 2.14. The normalized spacial score (nSPS) is 10.8. The zero-order chi connectivity index (χ0) is 14.8. The van der Waals surface area contributed by atoms with E-state index in [9.17, 15) is 8.42 Å². The fourth-order valence-corrected chi connectivity index (χ4v) is 2.66. The van der Waals surface area contributed by atoms with Gasteiger partial charge < -0.3 is 4.18 Å². The van der Waals surface area contributed by atoms with Crippen LogP contribution in [0.25, 0.3) is 0 Å². The molecule has 102 valence electrons. The molecular formula is C15H13NO3S. The standard InChI is InChI=1S/C15H13NO3S/c1-11-4-3-5-15(12(11)2)19-20(17,18)14-8-6-13(10-16)7-9-14/h3-9H,1-2H3. The third kappa shape index (κ3) is 2.81. The Hall–Kier alpha value is -2.32. The molecule has 0 aromatic heterocycles. The Morgan fingerprint density at radius 1 is 1.05 bits per heavy atom. The number of benzene rings is 2. The van der Waals surface area contributed by atoms with E-state index in [1.165, 1.54) is 24.3 Å². The van der Waals surface area contributed by atoms with Gasteiger partial charge in [-0.3, -0.25) is 0 Å². The summed E-state index contributed by atoms with van der Waals surface area (Å²) in [6.45, 7) is 3.69. The van der Waals surface area contributed by atoms with Crippen molar-refractivity contribution in [3.63, 3.8) is 0 Å². The molecule has 0 spiro atoms. The summed E-state index contributed by atoms with van der Waals surface area (Å²) in [7, 11) is -3.89. The second-order valence-corrected chi connectivity index (χ2v) is 5.92. The van der Waals surface area contributed by atoms with Crippen LogP contribution in [-0.2, 0) is 10.1 Å². The van der Waals surface area contributed by atoms with Crippen LogP contribution < -0.4 is 4.18 Å². The molecule has 0 amide bonds. The minimum Gasteiger partial charge on any atom is -0.379 e. The molecule has 0 saturated heterocycles. The van der Waals surface area contributed by atoms with Gasteiger partial charge in [0, 0.05) is 0 Å². The van der Waals surface area contributed by atoms with E-state index in [4.69, 9.17) is 9.44 Å². The number of nitrogens with zero attached hydrogens (tertiary/aromatic N) is 1. The van der Waals surface area contributed by atoms with E-state index in [1.807, 2.05) is 19.1 Å². The Morgan fingerprint density at radius 2 is 1.70 bits per heavy atom. The maximum Gasteiger partial charge on any atom is 0.339 e. The lowest BCUT2D eigenvalue weighted by Crippen LogP contribution is -2.10. The molecule has 2 rings (SSSR count). The first-order chi connectivity index (χ1) is 9.44. The fourth-order valence-electron chi connectivity index (χ4n) is 1.68. The summed E-state index contributed by atoms with van der Waals surface area (Å²) in [5.74, 6) is 0.314. The van der Waals surface area contributed by atoms with Crippen LogP contribution in [0, 0.1) is 25.2 Å². The van der Waals surface area contributed by atoms with Crippen LogP contribution in [0.4, 0.5) is 0 Å². The molecule has 0 fully saturated rings. The minimum absolute atomic E-state index is 0.0254. The molecular weight excluding hydrogens is 274 g/mol. The lowest BCUT2D eigenvalue weighted by Gasteiger charge is -2.10. The van der Waals surface area contributed by atoms with Gasteiger partial charge in [-0.2, -0.15) is 13.7 Å². The van der Waals surface area contributed by atoms with Crippen molar-refractivity contribution in [2.24, 2.45) is 0 Å². The van der Waals surface area contributed by atoms with Crippen molar-refractivity contribution in [1.82, 2.24) is 0 Å². The van der Waals surface area contributed by atoms with Crippen LogP contribution in [-0.4, -0.2) is 8.42 Å². The van der Waals surface area contributed by atoms with E-state index < -0.39 is 10.1 Å². The lowest BCUT2D eigenvalue weighted by molar-refractivity contribution is 0.484. The largest absolute Gasteiger partial charge is 0.379 e. The van der Waals surface area contributed by atoms with E-state index in [1.54, 1.807) is 19.1 Å². The second kappa shape index (κ2) is 5.35. The highest BCUT2D eigenvalue weighted by Gasteiger charge is 2.18. The van der Waals surface area contributed by atoms with Crippen LogP contribution in [0.1, 0.15) is 16.7 Å². The average Bonchev–Trinajstić information content (AvgIpc) is 2.44. The smallest absolute Gasteiger partial charge is 0.339 e. The van der Waals surface area contributed by atoms with Gasteiger partial charge in [0.25, 0.3) is 0 Å². The summed E-state index contributed by atoms with van der Waals surface area (Å²) in [6, 6.07) is 12.8. The van der Waals surface area contributed by atoms with E-state index in [0.29, 0.717) is 11.3 Å². The van der Waals surface area contributed by atoms with E-state index >= 15 is 0 Å². The first kappa shape index (κ1) is 14.1. The van der Waals surface area contributed by atoms with Gasteiger partial charge in [0.1, 0.15) is 10.6 Å². The Balaban J connectivity index is 2.36. The number of hydrogen-bond acceptors (Lipinski definition) is 4. The van der Waals surface area contributed by atoms with Gasteiger partial charge in [0.15, 0.2) is 0 Å². The van der Waals surface area contributed by atoms with Crippen molar-refractivity contribution in [3.8, 4) is 11.8 Å². The first-order valence-corrected chi connectivity index (χ1v) is 7.36. The molecule has 0 aliphatic carbocycles. The summed E-state index contributed by atoms with van der Waals surface area (Å²) in [6.07, 6.45) is 0. The number of aryl methyl sites for hydroxylation is 1. The van der Waals surface area contributed by atoms with E-state index in [0.717, 1.165) is 11.1 Å². The minimum atomic E-state index is -3.89. The van der Waals surface area contributed by atoms with Gasteiger partial charge in [-0.1, -0.05) is 12.1 Å². The summed E-state index contributed by atoms with van der Waals surface area (Å²) in [4.78, 5) is 0.0254. The molecule has 0 aliphatic heterocycles. The Bertz CT molecular complexity index is 772. The SMILES string of the molecule is Cc1cccc(OS(=O)(=O)c2ccc(C#N)cc2)c1C. The molecule has 0 N–H and O–H groups in total. The topological polar surface area (TPSA) is 67.2 Å². The maximum atomic E-state index is 12.2. The number of rotatable bonds is 3. The van der Waals surface area contributed by atoms with Gasteiger partial charge in [-0.25, -0.2) is 0 Å². The quantitative estimate of drug-likeness (QED) is 0.814. The van der Waals surface area contributed by atoms with Crippen molar-refractivity contribution < 1.29 is 12.6 Å². The Kier molecular flexibility index (Phi) is 3.77. The second-order valence-electron chi connectivity index (χ2n) is 4.37. The number of nitriles is 1. The molecule has 0 atom stereocenters. The Labute approximate surface area is 118 Å². The number of hydrogen-bond donors (Lipinski definition) is 0. The van der Waals surface area contributed by atoms with Gasteiger partial charge in [-0.05, 0) is 55.3 Å². The highest BCUT2D eigenvalue weighted by molar-refractivity contribution is 7.87. The third-order valence-electron chi connectivity index (χ3n) is 3.03. The molecule has 2 aromatic carbocycles. The van der Waals surface area contributed by atoms with Crippen LogP contribution in [0.5, 0.6) is 5.75 Å². The van der Waals surface area contributed by atoms with Crippen molar-refractivity contribution >= 4 is 10.1 Å². The zero-order valence-corrected chi connectivity index (χ0v) is 11.9. The van der Waals surface area contributed by atoms with Crippen LogP contribution in [0.3, 0.4) is 0 Å². The van der Waals surface area contributed by atoms with Crippen LogP contribution >= 0.6 is 0 Å². The first-order valence-electron chi connectivity index (χ1n) is 5.95. The molecule has 0 aliphatic rings. The van der Waals surface area contributed by atoms with Crippen molar-refractivity contribution in [2.45, 2.75) is 18.7 Å². The van der Waals surface area contributed by atoms with Gasteiger partial charge in [0.2, 0.25) is 0 Å². The summed E-state index contributed by atoms with van der Waals surface area (Å²) in [5, 5.41) is 8.70. The molecule has 0 saturated carbocycles. The third-order valence-corrected chi connectivity index (χ3v) is 4.27. The Morgan fingerprint density at radius 3 is 2.30 bits per heavy atom. The lowest BCUT2D eigenvalue weighted by atomic mass is 10.1. The molecule has 5 heteroatoms. The molecule has 20 heavy (non-hydrogen) atoms. The zero-order valence-electron chi connectivity index (χ0n) is 11.1. The summed E-state index contributed by atoms with van der Waals surface area (Å²) >= 11 is 0. The fraction of sp³-hybridized carbons (Fsp3) is 0.133. The van der Waals surface area contributed by atoms with Crippen LogP contribution in [0.15, 0.2) is 47.4 Å².